The quantitative estimate of drug-likeness (QED) is 0.855. The molecule has 2 N–H and O–H groups in total. The van der Waals surface area contributed by atoms with E-state index in [1.807, 2.05) is 12.1 Å². The third kappa shape index (κ3) is 7.16. The molecule has 1 heterocycles. The summed E-state index contributed by atoms with van der Waals surface area (Å²) in [5.41, 5.74) is 1.16. The zero-order valence-corrected chi connectivity index (χ0v) is 15.5. The molecule has 1 aliphatic heterocycles. The van der Waals surface area contributed by atoms with Gasteiger partial charge >= 0.3 is 0 Å². The third-order valence-electron chi connectivity index (χ3n) is 3.20. The Morgan fingerprint density at radius 3 is 2.59 bits per heavy atom. The first-order valence-corrected chi connectivity index (χ1v) is 7.83. The van der Waals surface area contributed by atoms with Crippen molar-refractivity contribution in [3.05, 3.63) is 29.8 Å². The van der Waals surface area contributed by atoms with E-state index in [2.05, 4.69) is 48.5 Å². The van der Waals surface area contributed by atoms with Crippen molar-refractivity contribution < 1.29 is 4.74 Å². The Bertz CT molecular complexity index is 466. The number of benzene rings is 1. The zero-order chi connectivity index (χ0) is 15.1. The van der Waals surface area contributed by atoms with Gasteiger partial charge in [0.05, 0.1) is 0 Å². The second-order valence-corrected chi connectivity index (χ2v) is 6.40. The first-order chi connectivity index (χ1) is 10.0. The fourth-order valence-corrected chi connectivity index (χ4v) is 2.21. The number of hydrogen-bond donors (Lipinski definition) is 2. The van der Waals surface area contributed by atoms with E-state index in [4.69, 9.17) is 4.74 Å². The number of hydrogen-bond acceptors (Lipinski definition) is 4. The fourth-order valence-electron chi connectivity index (χ4n) is 2.21. The highest BCUT2D eigenvalue weighted by atomic mass is 79.9. The monoisotopic (exact) mass is 369 g/mol. The highest BCUT2D eigenvalue weighted by Crippen LogP contribution is 2.18. The molecule has 0 bridgehead atoms. The van der Waals surface area contributed by atoms with E-state index >= 15 is 0 Å². The number of nitrogens with zero attached hydrogens (tertiary/aromatic N) is 1. The van der Waals surface area contributed by atoms with E-state index in [-0.39, 0.29) is 22.6 Å². The molecule has 5 heteroatoms. The van der Waals surface area contributed by atoms with Crippen LogP contribution in [-0.2, 0) is 6.42 Å². The van der Waals surface area contributed by atoms with Crippen molar-refractivity contribution in [1.82, 2.24) is 10.6 Å². The molecule has 0 fully saturated rings. The van der Waals surface area contributed by atoms with Crippen molar-refractivity contribution in [2.45, 2.75) is 45.6 Å². The maximum absolute atomic E-state index is 5.83. The van der Waals surface area contributed by atoms with Crippen LogP contribution >= 0.6 is 17.0 Å². The van der Waals surface area contributed by atoms with Gasteiger partial charge < -0.3 is 15.4 Å². The number of halogens is 1. The molecule has 124 valence electrons. The first-order valence-electron chi connectivity index (χ1n) is 7.83. The molecule has 0 aliphatic carbocycles. The Balaban J connectivity index is 0.00000242. The standard InChI is InChI=1S/C17H27N3O.BrH/c1-17(2,3)21-15-8-6-14(7-9-15)10-13-20-16-18-11-4-5-12-19-16;/h6-9H,4-5,10-13H2,1-3H3,(H2,18,19,20);1H. The van der Waals surface area contributed by atoms with Gasteiger partial charge in [0.15, 0.2) is 5.96 Å². The molecule has 2 rings (SSSR count). The number of nitrogens with one attached hydrogen (secondary N) is 2. The van der Waals surface area contributed by atoms with Crippen LogP contribution in [0.4, 0.5) is 0 Å². The summed E-state index contributed by atoms with van der Waals surface area (Å²) < 4.78 is 5.83. The minimum Gasteiger partial charge on any atom is -0.488 e. The minimum atomic E-state index is -0.146. The van der Waals surface area contributed by atoms with E-state index in [0.29, 0.717) is 0 Å². The summed E-state index contributed by atoms with van der Waals surface area (Å²) in [6.07, 6.45) is 3.35. The van der Waals surface area contributed by atoms with E-state index in [9.17, 15) is 0 Å². The van der Waals surface area contributed by atoms with E-state index < -0.39 is 0 Å². The molecule has 0 radical (unpaired) electrons. The van der Waals surface area contributed by atoms with Gasteiger partial charge in [-0.25, -0.2) is 0 Å². The normalized spacial score (nSPS) is 15.0. The number of rotatable bonds is 4. The smallest absolute Gasteiger partial charge is 0.191 e. The largest absolute Gasteiger partial charge is 0.488 e. The van der Waals surface area contributed by atoms with Crippen LogP contribution < -0.4 is 15.4 Å². The molecule has 1 aliphatic rings. The molecular formula is C17H28BrN3O. The summed E-state index contributed by atoms with van der Waals surface area (Å²) in [7, 11) is 0. The molecule has 1 aromatic carbocycles. The molecule has 0 saturated heterocycles. The Hall–Kier alpha value is -1.23. The molecule has 0 amide bonds. The third-order valence-corrected chi connectivity index (χ3v) is 3.20. The van der Waals surface area contributed by atoms with Crippen LogP contribution in [0.25, 0.3) is 0 Å². The van der Waals surface area contributed by atoms with Crippen molar-refractivity contribution in [3.8, 4) is 5.75 Å². The van der Waals surface area contributed by atoms with Crippen LogP contribution in [0.15, 0.2) is 29.3 Å². The first kappa shape index (κ1) is 18.8. The van der Waals surface area contributed by atoms with Crippen LogP contribution in [0.2, 0.25) is 0 Å². The summed E-state index contributed by atoms with van der Waals surface area (Å²) in [6.45, 7) is 9.02. The van der Waals surface area contributed by atoms with Crippen LogP contribution in [0, 0.1) is 0 Å². The van der Waals surface area contributed by atoms with Gasteiger partial charge in [0.2, 0.25) is 0 Å². The summed E-state index contributed by atoms with van der Waals surface area (Å²) in [5.74, 6) is 1.87. The zero-order valence-electron chi connectivity index (χ0n) is 13.8. The lowest BCUT2D eigenvalue weighted by molar-refractivity contribution is 0.131. The van der Waals surface area contributed by atoms with E-state index in [1.54, 1.807) is 0 Å². The molecule has 0 atom stereocenters. The van der Waals surface area contributed by atoms with Crippen LogP contribution in [0.1, 0.15) is 39.2 Å². The highest BCUT2D eigenvalue weighted by Gasteiger charge is 2.11. The Kier molecular flexibility index (Phi) is 7.73. The molecule has 4 nitrogen and oxygen atoms in total. The summed E-state index contributed by atoms with van der Waals surface area (Å²) >= 11 is 0. The van der Waals surface area contributed by atoms with Crippen LogP contribution in [0.5, 0.6) is 5.75 Å². The maximum atomic E-state index is 5.83. The van der Waals surface area contributed by atoms with Crippen molar-refractivity contribution in [1.29, 1.82) is 0 Å². The molecule has 22 heavy (non-hydrogen) atoms. The molecule has 0 saturated carbocycles. The van der Waals surface area contributed by atoms with E-state index in [0.717, 1.165) is 37.8 Å². The lowest BCUT2D eigenvalue weighted by Gasteiger charge is -2.21. The van der Waals surface area contributed by atoms with Gasteiger partial charge in [-0.15, -0.1) is 17.0 Å². The molecule has 0 spiro atoms. The lowest BCUT2D eigenvalue weighted by Crippen LogP contribution is -2.38. The molecule has 1 aromatic rings. The summed E-state index contributed by atoms with van der Waals surface area (Å²) in [4.78, 5) is 4.48. The predicted octanol–water partition coefficient (Wildman–Crippen LogP) is 3.31. The molecular weight excluding hydrogens is 342 g/mol. The van der Waals surface area contributed by atoms with Gasteiger partial charge in [-0.2, -0.15) is 0 Å². The van der Waals surface area contributed by atoms with Crippen LogP contribution in [-0.4, -0.2) is 31.2 Å². The average molecular weight is 370 g/mol. The fraction of sp³-hybridized carbons (Fsp3) is 0.588. The van der Waals surface area contributed by atoms with Crippen molar-refractivity contribution in [3.63, 3.8) is 0 Å². The Morgan fingerprint density at radius 1 is 1.18 bits per heavy atom. The van der Waals surface area contributed by atoms with Crippen LogP contribution in [0.3, 0.4) is 0 Å². The average Bonchev–Trinajstić information content (AvgIpc) is 2.68. The highest BCUT2D eigenvalue weighted by molar-refractivity contribution is 8.93. The van der Waals surface area contributed by atoms with Gasteiger partial charge in [0.1, 0.15) is 11.4 Å². The van der Waals surface area contributed by atoms with Crippen molar-refractivity contribution >= 4 is 22.9 Å². The SMILES string of the molecule is Br.CC(C)(C)Oc1ccc(CCNC2=NCCCCN2)cc1. The lowest BCUT2D eigenvalue weighted by atomic mass is 10.1. The van der Waals surface area contributed by atoms with Gasteiger partial charge in [-0.3, -0.25) is 4.99 Å². The van der Waals surface area contributed by atoms with Gasteiger partial charge in [0.25, 0.3) is 0 Å². The summed E-state index contributed by atoms with van der Waals surface area (Å²) in [5, 5.41) is 6.69. The second kappa shape index (κ2) is 9.03. The van der Waals surface area contributed by atoms with Gasteiger partial charge in [0, 0.05) is 19.6 Å². The second-order valence-electron chi connectivity index (χ2n) is 6.40. The van der Waals surface area contributed by atoms with Crippen molar-refractivity contribution in [2.75, 3.05) is 19.6 Å². The summed E-state index contributed by atoms with van der Waals surface area (Å²) in [6, 6.07) is 8.35. The number of aliphatic imine (C=N–C) groups is 1. The molecule has 0 unspecified atom stereocenters. The Labute approximate surface area is 144 Å². The number of ether oxygens (including phenoxy) is 1. The van der Waals surface area contributed by atoms with E-state index in [1.165, 1.54) is 18.4 Å². The maximum Gasteiger partial charge on any atom is 0.191 e. The predicted molar refractivity (Wildman–Crippen MR) is 98.4 cm³/mol. The minimum absolute atomic E-state index is 0. The van der Waals surface area contributed by atoms with Gasteiger partial charge in [-0.05, 0) is 57.7 Å². The van der Waals surface area contributed by atoms with Crippen molar-refractivity contribution in [2.24, 2.45) is 4.99 Å². The molecule has 0 aromatic heterocycles. The van der Waals surface area contributed by atoms with Gasteiger partial charge in [-0.1, -0.05) is 12.1 Å². The topological polar surface area (TPSA) is 45.6 Å². The number of guanidine groups is 1. The Morgan fingerprint density at radius 2 is 1.91 bits per heavy atom.